The van der Waals surface area contributed by atoms with Gasteiger partial charge < -0.3 is 20.1 Å². The van der Waals surface area contributed by atoms with Gasteiger partial charge in [0.05, 0.1) is 23.4 Å². The first-order chi connectivity index (χ1) is 15.6. The maximum atomic E-state index is 12.8. The maximum Gasteiger partial charge on any atom is 0.261 e. The third-order valence-electron chi connectivity index (χ3n) is 4.59. The second-order valence-corrected chi connectivity index (χ2v) is 7.52. The van der Waals surface area contributed by atoms with Crippen molar-refractivity contribution in [3.05, 3.63) is 59.7 Å². The van der Waals surface area contributed by atoms with Crippen molar-refractivity contribution >= 4 is 34.8 Å². The lowest BCUT2D eigenvalue weighted by molar-refractivity contribution is 0.0947. The van der Waals surface area contributed by atoms with Gasteiger partial charge in [-0.15, -0.1) is 0 Å². The molecule has 0 saturated heterocycles. The summed E-state index contributed by atoms with van der Waals surface area (Å²) in [6.45, 7) is 3.74. The molecule has 0 aliphatic carbocycles. The first-order valence-corrected chi connectivity index (χ1v) is 11.2. The van der Waals surface area contributed by atoms with Crippen LogP contribution < -0.4 is 20.7 Å². The minimum absolute atomic E-state index is 0.0930. The molecule has 0 aliphatic rings. The van der Waals surface area contributed by atoms with E-state index in [0.29, 0.717) is 48.7 Å². The molecule has 0 spiro atoms. The number of hydrogen-bond acceptors (Lipinski definition) is 5. The lowest BCUT2D eigenvalue weighted by Gasteiger charge is -2.15. The molecule has 0 fully saturated rings. The van der Waals surface area contributed by atoms with Crippen molar-refractivity contribution in [3.63, 3.8) is 0 Å². The van der Waals surface area contributed by atoms with E-state index >= 15 is 0 Å². The highest BCUT2D eigenvalue weighted by Crippen LogP contribution is 2.19. The molecule has 172 valence electrons. The molecule has 2 aromatic rings. The summed E-state index contributed by atoms with van der Waals surface area (Å²) in [6.07, 6.45) is 3.81. The van der Waals surface area contributed by atoms with E-state index < -0.39 is 0 Å². The van der Waals surface area contributed by atoms with Crippen LogP contribution >= 0.6 is 12.2 Å². The number of benzene rings is 2. The summed E-state index contributed by atoms with van der Waals surface area (Å²) in [4.78, 5) is 25.3. The Morgan fingerprint density at radius 2 is 1.62 bits per heavy atom. The van der Waals surface area contributed by atoms with Gasteiger partial charge in [0.2, 0.25) is 0 Å². The molecule has 3 N–H and O–H groups in total. The molecule has 0 atom stereocenters. The van der Waals surface area contributed by atoms with Crippen LogP contribution in [-0.2, 0) is 4.74 Å². The van der Waals surface area contributed by atoms with Gasteiger partial charge >= 0.3 is 0 Å². The number of unbranched alkanes of at least 4 members (excludes halogenated alkanes) is 2. The van der Waals surface area contributed by atoms with Crippen molar-refractivity contribution in [2.45, 2.75) is 32.6 Å². The van der Waals surface area contributed by atoms with Gasteiger partial charge in [0.25, 0.3) is 11.8 Å². The molecule has 2 aromatic carbocycles. The Hall–Kier alpha value is -2.97. The van der Waals surface area contributed by atoms with Gasteiger partial charge in [0.15, 0.2) is 5.11 Å². The molecule has 0 saturated carbocycles. The predicted molar refractivity (Wildman–Crippen MR) is 130 cm³/mol. The van der Waals surface area contributed by atoms with E-state index in [-0.39, 0.29) is 16.9 Å². The van der Waals surface area contributed by atoms with Crippen LogP contribution in [0.2, 0.25) is 0 Å². The zero-order valence-corrected chi connectivity index (χ0v) is 19.4. The molecule has 0 aliphatic heterocycles. The van der Waals surface area contributed by atoms with Crippen molar-refractivity contribution in [2.75, 3.05) is 32.2 Å². The zero-order chi connectivity index (χ0) is 23.2. The Bertz CT molecular complexity index is 904. The Morgan fingerprint density at radius 1 is 0.906 bits per heavy atom. The first kappa shape index (κ1) is 25.3. The number of para-hydroxylation sites is 2. The molecule has 8 heteroatoms. The number of thiocarbonyl (C=S) groups is 1. The van der Waals surface area contributed by atoms with Gasteiger partial charge in [-0.1, -0.05) is 44.0 Å². The second kappa shape index (κ2) is 14.2. The van der Waals surface area contributed by atoms with E-state index in [1.54, 1.807) is 49.6 Å². The number of carbonyl (C=O) groups is 2. The van der Waals surface area contributed by atoms with E-state index in [1.165, 1.54) is 0 Å². The second-order valence-electron chi connectivity index (χ2n) is 7.11. The fourth-order valence-electron chi connectivity index (χ4n) is 2.94. The van der Waals surface area contributed by atoms with E-state index in [4.69, 9.17) is 21.7 Å². The van der Waals surface area contributed by atoms with Crippen LogP contribution in [0.5, 0.6) is 5.75 Å². The lowest BCUT2D eigenvalue weighted by atomic mass is 10.1. The molecule has 0 aromatic heterocycles. The van der Waals surface area contributed by atoms with Crippen LogP contribution in [0.25, 0.3) is 0 Å². The Kier molecular flexibility index (Phi) is 11.2. The number of hydrogen-bond donors (Lipinski definition) is 3. The quantitative estimate of drug-likeness (QED) is 0.328. The SMILES string of the molecule is CCCCCOc1ccccc1C(=O)NC(=S)Nc1ccccc1C(=O)NCCCOC. The third kappa shape index (κ3) is 8.28. The fourth-order valence-corrected chi connectivity index (χ4v) is 3.14. The summed E-state index contributed by atoms with van der Waals surface area (Å²) in [5.74, 6) is -0.0982. The predicted octanol–water partition coefficient (Wildman–Crippen LogP) is 4.15. The van der Waals surface area contributed by atoms with E-state index in [1.807, 2.05) is 6.07 Å². The first-order valence-electron chi connectivity index (χ1n) is 10.8. The smallest absolute Gasteiger partial charge is 0.261 e. The van der Waals surface area contributed by atoms with Crippen LogP contribution in [0.1, 0.15) is 53.3 Å². The van der Waals surface area contributed by atoms with Gasteiger partial charge in [-0.2, -0.15) is 0 Å². The van der Waals surface area contributed by atoms with Crippen molar-refractivity contribution < 1.29 is 19.1 Å². The molecule has 0 radical (unpaired) electrons. The van der Waals surface area contributed by atoms with Crippen molar-refractivity contribution in [2.24, 2.45) is 0 Å². The normalized spacial score (nSPS) is 10.3. The minimum Gasteiger partial charge on any atom is -0.493 e. The summed E-state index contributed by atoms with van der Waals surface area (Å²) in [6, 6.07) is 14.0. The van der Waals surface area contributed by atoms with Gasteiger partial charge in [-0.3, -0.25) is 14.9 Å². The average molecular weight is 458 g/mol. The van der Waals surface area contributed by atoms with Crippen LogP contribution in [0.3, 0.4) is 0 Å². The molecule has 7 nitrogen and oxygen atoms in total. The van der Waals surface area contributed by atoms with Gasteiger partial charge in [-0.25, -0.2) is 0 Å². The Balaban J connectivity index is 1.98. The van der Waals surface area contributed by atoms with E-state index in [2.05, 4.69) is 22.9 Å². The molecule has 0 heterocycles. The van der Waals surface area contributed by atoms with Crippen LogP contribution in [0.15, 0.2) is 48.5 Å². The van der Waals surface area contributed by atoms with Crippen LogP contribution in [0, 0.1) is 0 Å². The van der Waals surface area contributed by atoms with Crippen LogP contribution in [-0.4, -0.2) is 43.8 Å². The van der Waals surface area contributed by atoms with E-state index in [9.17, 15) is 9.59 Å². The summed E-state index contributed by atoms with van der Waals surface area (Å²) in [7, 11) is 1.62. The van der Waals surface area contributed by atoms with Crippen molar-refractivity contribution in [3.8, 4) is 5.75 Å². The number of ether oxygens (including phenoxy) is 2. The molecule has 2 amide bonds. The standard InChI is InChI=1S/C24H31N3O4S/c1-3-4-9-17-31-21-14-8-6-12-19(21)23(29)27-24(32)26-20-13-7-5-11-18(20)22(28)25-15-10-16-30-2/h5-8,11-14H,3-4,9-10,15-17H2,1-2H3,(H,25,28)(H2,26,27,29,32). The highest BCUT2D eigenvalue weighted by atomic mass is 32.1. The minimum atomic E-state index is -0.380. The van der Waals surface area contributed by atoms with E-state index in [0.717, 1.165) is 19.3 Å². The maximum absolute atomic E-state index is 12.8. The lowest BCUT2D eigenvalue weighted by Crippen LogP contribution is -2.35. The van der Waals surface area contributed by atoms with Crippen molar-refractivity contribution in [1.82, 2.24) is 10.6 Å². The van der Waals surface area contributed by atoms with Gasteiger partial charge in [0, 0.05) is 20.3 Å². The number of amides is 2. The zero-order valence-electron chi connectivity index (χ0n) is 18.6. The number of anilines is 1. The summed E-state index contributed by atoms with van der Waals surface area (Å²) in [5.41, 5.74) is 1.34. The molecular formula is C24H31N3O4S. The highest BCUT2D eigenvalue weighted by molar-refractivity contribution is 7.80. The molecule has 0 bridgehead atoms. The highest BCUT2D eigenvalue weighted by Gasteiger charge is 2.16. The van der Waals surface area contributed by atoms with Gasteiger partial charge in [0.1, 0.15) is 5.75 Å². The molecule has 32 heavy (non-hydrogen) atoms. The Labute approximate surface area is 194 Å². The monoisotopic (exact) mass is 457 g/mol. The number of methoxy groups -OCH3 is 1. The molecular weight excluding hydrogens is 426 g/mol. The number of rotatable bonds is 12. The van der Waals surface area contributed by atoms with Crippen LogP contribution in [0.4, 0.5) is 5.69 Å². The molecule has 0 unspecified atom stereocenters. The number of nitrogens with one attached hydrogen (secondary N) is 3. The van der Waals surface area contributed by atoms with Gasteiger partial charge in [-0.05, 0) is 49.3 Å². The third-order valence-corrected chi connectivity index (χ3v) is 4.80. The summed E-state index contributed by atoms with van der Waals surface area (Å²) >= 11 is 5.31. The number of carbonyl (C=O) groups excluding carboxylic acids is 2. The Morgan fingerprint density at radius 3 is 2.38 bits per heavy atom. The fraction of sp³-hybridized carbons (Fsp3) is 0.375. The summed E-state index contributed by atoms with van der Waals surface area (Å²) < 4.78 is 10.8. The molecule has 2 rings (SSSR count). The largest absolute Gasteiger partial charge is 0.493 e. The average Bonchev–Trinajstić information content (AvgIpc) is 2.80. The van der Waals surface area contributed by atoms with Crippen molar-refractivity contribution in [1.29, 1.82) is 0 Å². The topological polar surface area (TPSA) is 88.7 Å². The summed E-state index contributed by atoms with van der Waals surface area (Å²) in [5, 5.41) is 8.55.